The van der Waals surface area contributed by atoms with Crippen LogP contribution in [0, 0.1) is 0 Å². The number of likely N-dealkylation sites (tertiary alicyclic amines) is 1. The summed E-state index contributed by atoms with van der Waals surface area (Å²) in [4.78, 5) is 40.5. The Kier molecular flexibility index (Phi) is 7.59. The molecule has 0 atom stereocenters. The van der Waals surface area contributed by atoms with Crippen LogP contribution in [0.2, 0.25) is 0 Å². The maximum Gasteiger partial charge on any atom is 0.416 e. The van der Waals surface area contributed by atoms with E-state index >= 15 is 0 Å². The second kappa shape index (κ2) is 10.4. The highest BCUT2D eigenvalue weighted by Gasteiger charge is 2.30. The van der Waals surface area contributed by atoms with Crippen molar-refractivity contribution in [3.05, 3.63) is 53.3 Å². The number of anilines is 1. The van der Waals surface area contributed by atoms with Crippen molar-refractivity contribution in [1.82, 2.24) is 15.2 Å². The first-order valence-electron chi connectivity index (χ1n) is 10.4. The minimum Gasteiger partial charge on any atom is -0.505 e. The number of halogens is 3. The summed E-state index contributed by atoms with van der Waals surface area (Å²) in [7, 11) is 0. The molecule has 12 heteroatoms. The Morgan fingerprint density at radius 3 is 2.29 bits per heavy atom. The third-order valence-electron chi connectivity index (χ3n) is 5.48. The topological polar surface area (TPSA) is 132 Å². The Labute approximate surface area is 192 Å². The summed E-state index contributed by atoms with van der Waals surface area (Å²) >= 11 is 0. The van der Waals surface area contributed by atoms with Gasteiger partial charge in [-0.1, -0.05) is 0 Å². The molecule has 1 fully saturated rings. The van der Waals surface area contributed by atoms with Gasteiger partial charge in [-0.05, 0) is 54.7 Å². The number of hydrogen-bond donors (Lipinski definition) is 4. The molecular formula is C22H23F3N4O5. The van der Waals surface area contributed by atoms with Crippen LogP contribution in [0.25, 0.3) is 0 Å². The highest BCUT2D eigenvalue weighted by Crippen LogP contribution is 2.31. The predicted molar refractivity (Wildman–Crippen MR) is 114 cm³/mol. The summed E-state index contributed by atoms with van der Waals surface area (Å²) in [6.45, 7) is 0.236. The van der Waals surface area contributed by atoms with E-state index in [2.05, 4.69) is 15.6 Å². The predicted octanol–water partition coefficient (Wildman–Crippen LogP) is 2.44. The van der Waals surface area contributed by atoms with Gasteiger partial charge in [0.2, 0.25) is 5.91 Å². The van der Waals surface area contributed by atoms with Crippen molar-refractivity contribution in [3.8, 4) is 5.75 Å². The van der Waals surface area contributed by atoms with Crippen LogP contribution in [0.15, 0.2) is 36.5 Å². The normalized spacial score (nSPS) is 14.5. The summed E-state index contributed by atoms with van der Waals surface area (Å²) < 4.78 is 37.9. The fourth-order valence-electron chi connectivity index (χ4n) is 3.64. The van der Waals surface area contributed by atoms with Gasteiger partial charge in [0.15, 0.2) is 5.69 Å². The number of carbonyl (C=O) groups is 3. The molecule has 9 nitrogen and oxygen atoms in total. The molecule has 2 amide bonds. The lowest BCUT2D eigenvalue weighted by atomic mass is 9.90. The van der Waals surface area contributed by atoms with Gasteiger partial charge in [-0.15, -0.1) is 0 Å². The molecule has 2 heterocycles. The van der Waals surface area contributed by atoms with Crippen molar-refractivity contribution < 1.29 is 37.8 Å². The van der Waals surface area contributed by atoms with Crippen LogP contribution in [-0.4, -0.2) is 64.1 Å². The number of amides is 2. The SMILES string of the molecule is O=C(O)CNC(=O)c1ncc(C2CCN(C(=O)CNc3ccc(C(F)(F)F)cc3)CC2)cc1O. The molecule has 0 bridgehead atoms. The van der Waals surface area contributed by atoms with Gasteiger partial charge in [-0.25, -0.2) is 4.98 Å². The molecule has 0 saturated carbocycles. The van der Waals surface area contributed by atoms with Gasteiger partial charge in [0, 0.05) is 25.0 Å². The van der Waals surface area contributed by atoms with Crippen molar-refractivity contribution >= 4 is 23.5 Å². The molecule has 0 spiro atoms. The van der Waals surface area contributed by atoms with E-state index in [0.717, 1.165) is 12.1 Å². The molecule has 34 heavy (non-hydrogen) atoms. The first-order chi connectivity index (χ1) is 16.0. The molecule has 1 saturated heterocycles. The highest BCUT2D eigenvalue weighted by molar-refractivity contribution is 5.96. The third-order valence-corrected chi connectivity index (χ3v) is 5.48. The van der Waals surface area contributed by atoms with Gasteiger partial charge in [-0.2, -0.15) is 13.2 Å². The largest absolute Gasteiger partial charge is 0.505 e. The van der Waals surface area contributed by atoms with E-state index < -0.39 is 30.2 Å². The van der Waals surface area contributed by atoms with E-state index in [1.807, 2.05) is 0 Å². The van der Waals surface area contributed by atoms with E-state index in [1.54, 1.807) is 4.90 Å². The Hall–Kier alpha value is -3.83. The molecule has 2 aromatic rings. The molecule has 1 aliphatic heterocycles. The number of hydrogen-bond acceptors (Lipinski definition) is 6. The number of aliphatic carboxylic acids is 1. The number of benzene rings is 1. The molecule has 3 rings (SSSR count). The number of pyridine rings is 1. The van der Waals surface area contributed by atoms with Crippen molar-refractivity contribution in [2.75, 3.05) is 31.5 Å². The second-order valence-electron chi connectivity index (χ2n) is 7.80. The monoisotopic (exact) mass is 480 g/mol. The number of piperidine rings is 1. The van der Waals surface area contributed by atoms with Crippen LogP contribution in [-0.2, 0) is 15.8 Å². The van der Waals surface area contributed by atoms with Gasteiger partial charge in [0.25, 0.3) is 5.91 Å². The van der Waals surface area contributed by atoms with Crippen LogP contribution < -0.4 is 10.6 Å². The highest BCUT2D eigenvalue weighted by atomic mass is 19.4. The first kappa shape index (κ1) is 24.8. The second-order valence-corrected chi connectivity index (χ2v) is 7.80. The zero-order valence-corrected chi connectivity index (χ0v) is 17.9. The minimum atomic E-state index is -4.42. The Bertz CT molecular complexity index is 1050. The molecule has 0 radical (unpaired) electrons. The summed E-state index contributed by atoms with van der Waals surface area (Å²) in [5, 5.41) is 23.7. The summed E-state index contributed by atoms with van der Waals surface area (Å²) in [5.41, 5.74) is 0.0698. The molecule has 4 N–H and O–H groups in total. The molecule has 182 valence electrons. The summed E-state index contributed by atoms with van der Waals surface area (Å²) in [6.07, 6.45) is -1.78. The average molecular weight is 480 g/mol. The van der Waals surface area contributed by atoms with E-state index in [1.165, 1.54) is 24.4 Å². The molecule has 1 aromatic carbocycles. The Morgan fingerprint density at radius 1 is 1.09 bits per heavy atom. The van der Waals surface area contributed by atoms with Crippen molar-refractivity contribution in [2.24, 2.45) is 0 Å². The van der Waals surface area contributed by atoms with Gasteiger partial charge in [0.1, 0.15) is 12.3 Å². The molecule has 0 unspecified atom stereocenters. The minimum absolute atomic E-state index is 0.00135. The summed E-state index contributed by atoms with van der Waals surface area (Å²) in [6, 6.07) is 5.85. The lowest BCUT2D eigenvalue weighted by Crippen LogP contribution is -2.41. The van der Waals surface area contributed by atoms with Crippen molar-refractivity contribution in [1.29, 1.82) is 0 Å². The zero-order valence-electron chi connectivity index (χ0n) is 17.9. The van der Waals surface area contributed by atoms with Crippen molar-refractivity contribution in [2.45, 2.75) is 24.9 Å². The van der Waals surface area contributed by atoms with E-state index in [9.17, 15) is 32.7 Å². The quantitative estimate of drug-likeness (QED) is 0.479. The maximum absolute atomic E-state index is 12.6. The molecule has 1 aliphatic rings. The van der Waals surface area contributed by atoms with Gasteiger partial charge in [-0.3, -0.25) is 14.4 Å². The van der Waals surface area contributed by atoms with E-state index in [4.69, 9.17) is 5.11 Å². The Balaban J connectivity index is 1.50. The number of aromatic nitrogens is 1. The fourth-order valence-corrected chi connectivity index (χ4v) is 3.64. The molecular weight excluding hydrogens is 457 g/mol. The van der Waals surface area contributed by atoms with Gasteiger partial charge >= 0.3 is 12.1 Å². The van der Waals surface area contributed by atoms with Crippen LogP contribution in [0.4, 0.5) is 18.9 Å². The first-order valence-corrected chi connectivity index (χ1v) is 10.4. The maximum atomic E-state index is 12.6. The van der Waals surface area contributed by atoms with Crippen LogP contribution in [0.1, 0.15) is 40.4 Å². The number of alkyl halides is 3. The molecule has 1 aromatic heterocycles. The standard InChI is InChI=1S/C22H23F3N4O5/c23-22(24,25)15-1-3-16(4-2-15)26-11-18(31)29-7-5-13(6-8-29)14-9-17(30)20(27-10-14)21(34)28-12-19(32)33/h1-4,9-10,13,26,30H,5-8,11-12H2,(H,28,34)(H,32,33). The van der Waals surface area contributed by atoms with Crippen LogP contribution >= 0.6 is 0 Å². The number of nitrogens with zero attached hydrogens (tertiary/aromatic N) is 2. The summed E-state index contributed by atoms with van der Waals surface area (Å²) in [5.74, 6) is -2.57. The van der Waals surface area contributed by atoms with E-state index in [-0.39, 0.29) is 29.8 Å². The fraction of sp³-hybridized carbons (Fsp3) is 0.364. The Morgan fingerprint density at radius 2 is 1.74 bits per heavy atom. The number of carboxylic acids is 1. The number of carboxylic acid groups (broad SMARTS) is 1. The average Bonchev–Trinajstić information content (AvgIpc) is 2.80. The molecule has 0 aliphatic carbocycles. The smallest absolute Gasteiger partial charge is 0.416 e. The van der Waals surface area contributed by atoms with Gasteiger partial charge in [0.05, 0.1) is 12.1 Å². The number of aromatic hydroxyl groups is 1. The van der Waals surface area contributed by atoms with Crippen LogP contribution in [0.5, 0.6) is 5.75 Å². The number of rotatable bonds is 7. The lowest BCUT2D eigenvalue weighted by Gasteiger charge is -2.32. The zero-order chi connectivity index (χ0) is 24.9. The van der Waals surface area contributed by atoms with Crippen molar-refractivity contribution in [3.63, 3.8) is 0 Å². The number of carbonyl (C=O) groups excluding carboxylic acids is 2. The van der Waals surface area contributed by atoms with Crippen LogP contribution in [0.3, 0.4) is 0 Å². The van der Waals surface area contributed by atoms with E-state index in [0.29, 0.717) is 37.2 Å². The number of nitrogens with one attached hydrogen (secondary N) is 2. The third kappa shape index (κ3) is 6.36. The lowest BCUT2D eigenvalue weighted by molar-refractivity contribution is -0.138. The van der Waals surface area contributed by atoms with Gasteiger partial charge < -0.3 is 25.7 Å².